The van der Waals surface area contributed by atoms with Gasteiger partial charge in [-0.25, -0.2) is 5.43 Å². The van der Waals surface area contributed by atoms with E-state index in [4.69, 9.17) is 4.42 Å². The predicted octanol–water partition coefficient (Wildman–Crippen LogP) is 5.44. The molecule has 33 heavy (non-hydrogen) atoms. The smallest absolute Gasteiger partial charge is 0.307 e. The number of nitrogens with zero attached hydrogens (tertiary/aromatic N) is 3. The number of fused-ring (bicyclic) bond motifs is 1. The third-order valence-electron chi connectivity index (χ3n) is 5.63. The Hall–Kier alpha value is -4.20. The van der Waals surface area contributed by atoms with Crippen LogP contribution < -0.4 is 5.43 Å². The molecule has 0 saturated carbocycles. The highest BCUT2D eigenvalue weighted by Gasteiger charge is 2.16. The normalized spacial score (nSPS) is 11.4. The van der Waals surface area contributed by atoms with Crippen LogP contribution in [-0.4, -0.2) is 21.6 Å². The SMILES string of the molecule is Cc1cc(C)c(-n2c(C)cc(/C=N\NC(=O)c3cc4cc([N+](=O)[O-])ccc4o3)c2C)c(C)c1. The van der Waals surface area contributed by atoms with Crippen LogP contribution in [0.5, 0.6) is 0 Å². The van der Waals surface area contributed by atoms with Crippen molar-refractivity contribution in [3.8, 4) is 5.69 Å². The Morgan fingerprint density at radius 2 is 1.76 bits per heavy atom. The monoisotopic (exact) mass is 444 g/mol. The lowest BCUT2D eigenvalue weighted by molar-refractivity contribution is -0.384. The first-order chi connectivity index (χ1) is 15.7. The summed E-state index contributed by atoms with van der Waals surface area (Å²) in [5.41, 5.74) is 10.5. The van der Waals surface area contributed by atoms with Crippen LogP contribution in [0.15, 0.2) is 52.0 Å². The maximum Gasteiger partial charge on any atom is 0.307 e. The van der Waals surface area contributed by atoms with Crippen LogP contribution in [0.2, 0.25) is 0 Å². The van der Waals surface area contributed by atoms with Crippen LogP contribution in [0.3, 0.4) is 0 Å². The summed E-state index contributed by atoms with van der Waals surface area (Å²) in [5.74, 6) is -0.511. The number of nitrogens with one attached hydrogen (secondary N) is 1. The maximum absolute atomic E-state index is 12.5. The van der Waals surface area contributed by atoms with Crippen molar-refractivity contribution in [2.75, 3.05) is 0 Å². The summed E-state index contributed by atoms with van der Waals surface area (Å²) in [6.45, 7) is 10.3. The number of rotatable bonds is 5. The zero-order chi connectivity index (χ0) is 23.9. The van der Waals surface area contributed by atoms with Crippen molar-refractivity contribution in [3.63, 3.8) is 0 Å². The molecule has 0 aliphatic carbocycles. The molecule has 2 heterocycles. The third kappa shape index (κ3) is 4.15. The van der Waals surface area contributed by atoms with Crippen LogP contribution in [0, 0.1) is 44.7 Å². The Kier molecular flexibility index (Phi) is 5.59. The number of aryl methyl sites for hydroxylation is 4. The van der Waals surface area contributed by atoms with Gasteiger partial charge in [0, 0.05) is 34.5 Å². The van der Waals surface area contributed by atoms with Gasteiger partial charge in [0.25, 0.3) is 5.69 Å². The highest BCUT2D eigenvalue weighted by atomic mass is 16.6. The minimum absolute atomic E-state index is 0.0269. The van der Waals surface area contributed by atoms with Crippen molar-refractivity contribution >= 4 is 28.8 Å². The predicted molar refractivity (Wildman–Crippen MR) is 127 cm³/mol. The Labute approximate surface area is 190 Å². The third-order valence-corrected chi connectivity index (χ3v) is 5.63. The van der Waals surface area contributed by atoms with E-state index in [-0.39, 0.29) is 11.4 Å². The first kappa shape index (κ1) is 22.0. The van der Waals surface area contributed by atoms with Gasteiger partial charge in [-0.3, -0.25) is 14.9 Å². The van der Waals surface area contributed by atoms with E-state index in [0.29, 0.717) is 11.0 Å². The Morgan fingerprint density at radius 1 is 1.06 bits per heavy atom. The number of aromatic nitrogens is 1. The standard InChI is InChI=1S/C25H24N4O4/c1-14-8-15(2)24(16(3)9-14)28-17(4)10-20(18(28)5)13-26-27-25(30)23-12-19-11-21(29(31)32)6-7-22(19)33-23/h6-13H,1-5H3,(H,27,30)/b26-13-. The molecule has 0 unspecified atom stereocenters. The van der Waals surface area contributed by atoms with Gasteiger partial charge < -0.3 is 8.98 Å². The number of hydrogen-bond donors (Lipinski definition) is 1. The molecular formula is C25H24N4O4. The van der Waals surface area contributed by atoms with Gasteiger partial charge in [-0.1, -0.05) is 17.7 Å². The lowest BCUT2D eigenvalue weighted by atomic mass is 10.0. The largest absolute Gasteiger partial charge is 0.451 e. The van der Waals surface area contributed by atoms with E-state index < -0.39 is 10.8 Å². The van der Waals surface area contributed by atoms with Gasteiger partial charge in [0.05, 0.1) is 16.8 Å². The first-order valence-electron chi connectivity index (χ1n) is 10.4. The number of nitro groups is 1. The second-order valence-electron chi connectivity index (χ2n) is 8.20. The van der Waals surface area contributed by atoms with E-state index in [0.717, 1.165) is 22.6 Å². The van der Waals surface area contributed by atoms with Gasteiger partial charge in [0.15, 0.2) is 5.76 Å². The Balaban J connectivity index is 1.56. The lowest BCUT2D eigenvalue weighted by Crippen LogP contribution is -2.16. The number of benzene rings is 2. The fourth-order valence-electron chi connectivity index (χ4n) is 4.26. The van der Waals surface area contributed by atoms with E-state index in [1.165, 1.54) is 41.0 Å². The quantitative estimate of drug-likeness (QED) is 0.252. The molecule has 168 valence electrons. The molecule has 0 aliphatic rings. The fraction of sp³-hybridized carbons (Fsp3) is 0.200. The molecule has 0 atom stereocenters. The molecule has 8 heteroatoms. The van der Waals surface area contributed by atoms with E-state index in [2.05, 4.69) is 48.0 Å². The van der Waals surface area contributed by atoms with Crippen molar-refractivity contribution < 1.29 is 14.1 Å². The molecule has 2 aromatic heterocycles. The van der Waals surface area contributed by atoms with Crippen molar-refractivity contribution in [1.29, 1.82) is 0 Å². The summed E-state index contributed by atoms with van der Waals surface area (Å²) in [7, 11) is 0. The lowest BCUT2D eigenvalue weighted by Gasteiger charge is -2.16. The number of hydrazone groups is 1. The molecule has 4 rings (SSSR count). The van der Waals surface area contributed by atoms with Gasteiger partial charge in [-0.15, -0.1) is 0 Å². The van der Waals surface area contributed by atoms with E-state index >= 15 is 0 Å². The molecule has 0 radical (unpaired) electrons. The molecule has 0 fully saturated rings. The van der Waals surface area contributed by atoms with E-state index in [9.17, 15) is 14.9 Å². The van der Waals surface area contributed by atoms with E-state index in [1.54, 1.807) is 6.21 Å². The number of carbonyl (C=O) groups is 1. The number of hydrogen-bond acceptors (Lipinski definition) is 5. The number of furan rings is 1. The topological polar surface area (TPSA) is 103 Å². The minimum Gasteiger partial charge on any atom is -0.451 e. The number of nitro benzene ring substituents is 1. The Bertz CT molecular complexity index is 1420. The summed E-state index contributed by atoms with van der Waals surface area (Å²) in [5, 5.41) is 15.5. The van der Waals surface area contributed by atoms with Crippen molar-refractivity contribution in [2.24, 2.45) is 5.10 Å². The molecule has 0 bridgehead atoms. The summed E-state index contributed by atoms with van der Waals surface area (Å²) >= 11 is 0. The Morgan fingerprint density at radius 3 is 2.42 bits per heavy atom. The van der Waals surface area contributed by atoms with Gasteiger partial charge >= 0.3 is 5.91 Å². The molecular weight excluding hydrogens is 420 g/mol. The van der Waals surface area contributed by atoms with Crippen LogP contribution in [0.4, 0.5) is 5.69 Å². The van der Waals surface area contributed by atoms with Gasteiger partial charge in [0.1, 0.15) is 5.58 Å². The molecule has 8 nitrogen and oxygen atoms in total. The molecule has 1 N–H and O–H groups in total. The highest BCUT2D eigenvalue weighted by molar-refractivity contribution is 5.97. The van der Waals surface area contributed by atoms with E-state index in [1.807, 2.05) is 19.9 Å². The van der Waals surface area contributed by atoms with Crippen LogP contribution in [-0.2, 0) is 0 Å². The van der Waals surface area contributed by atoms with Crippen LogP contribution in [0.25, 0.3) is 16.7 Å². The van der Waals surface area contributed by atoms with Crippen molar-refractivity contribution in [1.82, 2.24) is 9.99 Å². The van der Waals surface area contributed by atoms with Crippen molar-refractivity contribution in [2.45, 2.75) is 34.6 Å². The molecule has 0 saturated heterocycles. The summed E-state index contributed by atoms with van der Waals surface area (Å²) < 4.78 is 7.69. The number of carbonyl (C=O) groups excluding carboxylic acids is 1. The first-order valence-corrected chi connectivity index (χ1v) is 10.4. The van der Waals surface area contributed by atoms with Gasteiger partial charge in [-0.2, -0.15) is 5.10 Å². The highest BCUT2D eigenvalue weighted by Crippen LogP contribution is 2.27. The van der Waals surface area contributed by atoms with Crippen LogP contribution >= 0.6 is 0 Å². The zero-order valence-electron chi connectivity index (χ0n) is 19.1. The second kappa shape index (κ2) is 8.38. The minimum atomic E-state index is -0.538. The van der Waals surface area contributed by atoms with Gasteiger partial charge in [0.2, 0.25) is 0 Å². The van der Waals surface area contributed by atoms with Gasteiger partial charge in [-0.05, 0) is 63.9 Å². The molecule has 2 aromatic carbocycles. The fourth-order valence-corrected chi connectivity index (χ4v) is 4.26. The molecule has 1 amide bonds. The molecule has 0 spiro atoms. The number of amides is 1. The van der Waals surface area contributed by atoms with Crippen LogP contribution in [0.1, 0.15) is 44.2 Å². The average Bonchev–Trinajstić information content (AvgIpc) is 3.29. The summed E-state index contributed by atoms with van der Waals surface area (Å²) in [6.07, 6.45) is 1.60. The molecule has 0 aliphatic heterocycles. The second-order valence-corrected chi connectivity index (χ2v) is 8.20. The maximum atomic E-state index is 12.5. The summed E-state index contributed by atoms with van der Waals surface area (Å²) in [4.78, 5) is 22.9. The zero-order valence-corrected chi connectivity index (χ0v) is 19.1. The number of non-ortho nitro benzene ring substituents is 1. The molecule has 4 aromatic rings. The van der Waals surface area contributed by atoms with Crippen molar-refractivity contribution in [3.05, 3.63) is 92.0 Å². The average molecular weight is 444 g/mol. The summed E-state index contributed by atoms with van der Waals surface area (Å²) in [6, 6.07) is 12.0.